The molecule has 0 unspecified atom stereocenters. The van der Waals surface area contributed by atoms with Gasteiger partial charge in [-0.3, -0.25) is 4.79 Å². The first kappa shape index (κ1) is 12.7. The van der Waals surface area contributed by atoms with Crippen LogP contribution in [-0.4, -0.2) is 26.2 Å². The molecular weight excluding hydrogens is 230 g/mol. The van der Waals surface area contributed by atoms with Gasteiger partial charge in [-0.25, -0.2) is 0 Å². The molecule has 0 radical (unpaired) electrons. The van der Waals surface area contributed by atoms with Crippen molar-refractivity contribution < 1.29 is 14.3 Å². The van der Waals surface area contributed by atoms with Crippen LogP contribution >= 0.6 is 0 Å². The van der Waals surface area contributed by atoms with Crippen LogP contribution in [0.4, 0.5) is 0 Å². The molecule has 0 spiro atoms. The highest BCUT2D eigenvalue weighted by Crippen LogP contribution is 2.29. The van der Waals surface area contributed by atoms with Gasteiger partial charge in [-0.15, -0.1) is 0 Å². The van der Waals surface area contributed by atoms with Gasteiger partial charge < -0.3 is 14.8 Å². The van der Waals surface area contributed by atoms with E-state index in [1.807, 2.05) is 25.1 Å². The minimum atomic E-state index is 0.148. The summed E-state index contributed by atoms with van der Waals surface area (Å²) in [5, 5.41) is 2.86. The van der Waals surface area contributed by atoms with E-state index >= 15 is 0 Å². The number of methoxy groups -OCH3 is 1. The highest BCUT2D eigenvalue weighted by atomic mass is 16.5. The average molecular weight is 249 g/mol. The number of rotatable bonds is 6. The van der Waals surface area contributed by atoms with Crippen LogP contribution in [0.5, 0.6) is 11.5 Å². The third kappa shape index (κ3) is 3.39. The molecule has 4 nitrogen and oxygen atoms in total. The molecule has 0 atom stereocenters. The quantitative estimate of drug-likeness (QED) is 0.783. The summed E-state index contributed by atoms with van der Waals surface area (Å²) in [6.07, 6.45) is 2.05. The molecule has 1 fully saturated rings. The Morgan fingerprint density at radius 1 is 1.39 bits per heavy atom. The van der Waals surface area contributed by atoms with Gasteiger partial charge in [0, 0.05) is 5.92 Å². The van der Waals surface area contributed by atoms with E-state index in [0.717, 1.165) is 24.2 Å². The average Bonchev–Trinajstić information content (AvgIpc) is 3.19. The van der Waals surface area contributed by atoms with Crippen LogP contribution in [0.15, 0.2) is 18.2 Å². The van der Waals surface area contributed by atoms with Crippen LogP contribution < -0.4 is 14.8 Å². The molecule has 0 heterocycles. The first-order chi connectivity index (χ1) is 8.70. The Balaban J connectivity index is 1.77. The highest BCUT2D eigenvalue weighted by Gasteiger charge is 2.29. The predicted molar refractivity (Wildman–Crippen MR) is 69.0 cm³/mol. The van der Waals surface area contributed by atoms with E-state index in [9.17, 15) is 4.79 Å². The second-order valence-corrected chi connectivity index (χ2v) is 4.57. The van der Waals surface area contributed by atoms with Crippen LogP contribution in [0, 0.1) is 12.8 Å². The number of ether oxygens (including phenoxy) is 2. The van der Waals surface area contributed by atoms with E-state index in [0.29, 0.717) is 18.9 Å². The lowest BCUT2D eigenvalue weighted by Crippen LogP contribution is -2.29. The van der Waals surface area contributed by atoms with Gasteiger partial charge in [0.25, 0.3) is 0 Å². The lowest BCUT2D eigenvalue weighted by molar-refractivity contribution is -0.122. The van der Waals surface area contributed by atoms with Gasteiger partial charge in [0.2, 0.25) is 5.91 Å². The largest absolute Gasteiger partial charge is 0.493 e. The summed E-state index contributed by atoms with van der Waals surface area (Å²) in [5.74, 6) is 1.83. The summed E-state index contributed by atoms with van der Waals surface area (Å²) in [6, 6.07) is 5.79. The number of hydrogen-bond acceptors (Lipinski definition) is 3. The maximum Gasteiger partial charge on any atom is 0.223 e. The molecule has 1 saturated carbocycles. The third-order valence-electron chi connectivity index (χ3n) is 2.93. The Morgan fingerprint density at radius 2 is 2.17 bits per heavy atom. The summed E-state index contributed by atoms with van der Waals surface area (Å²) in [7, 11) is 1.62. The first-order valence-electron chi connectivity index (χ1n) is 6.26. The molecule has 1 aliphatic carbocycles. The Morgan fingerprint density at radius 3 is 2.83 bits per heavy atom. The lowest BCUT2D eigenvalue weighted by Gasteiger charge is -2.11. The number of benzene rings is 1. The van der Waals surface area contributed by atoms with Crippen LogP contribution in [0.1, 0.15) is 18.4 Å². The van der Waals surface area contributed by atoms with E-state index < -0.39 is 0 Å². The molecule has 2 rings (SSSR count). The van der Waals surface area contributed by atoms with Crippen molar-refractivity contribution in [3.8, 4) is 11.5 Å². The molecule has 1 aromatic rings. The normalized spacial score (nSPS) is 14.1. The highest BCUT2D eigenvalue weighted by molar-refractivity contribution is 5.80. The molecular formula is C14H19NO3. The molecule has 4 heteroatoms. The molecule has 0 bridgehead atoms. The SMILES string of the molecule is COc1cc(C)ccc1OCCNC(=O)C1CC1. The number of hydrogen-bond donors (Lipinski definition) is 1. The monoisotopic (exact) mass is 249 g/mol. The van der Waals surface area contributed by atoms with Crippen molar-refractivity contribution in [1.29, 1.82) is 0 Å². The van der Waals surface area contributed by atoms with Crippen molar-refractivity contribution in [1.82, 2.24) is 5.32 Å². The standard InChI is InChI=1S/C14H19NO3/c1-10-3-6-12(13(9-10)17-2)18-8-7-15-14(16)11-4-5-11/h3,6,9,11H,4-5,7-8H2,1-2H3,(H,15,16). The maximum absolute atomic E-state index is 11.4. The number of aryl methyl sites for hydroxylation is 1. The van der Waals surface area contributed by atoms with Gasteiger partial charge in [0.1, 0.15) is 6.61 Å². The zero-order valence-electron chi connectivity index (χ0n) is 10.9. The lowest BCUT2D eigenvalue weighted by atomic mass is 10.2. The van der Waals surface area contributed by atoms with Crippen LogP contribution in [0.2, 0.25) is 0 Å². The molecule has 1 aromatic carbocycles. The number of carbonyl (C=O) groups is 1. The van der Waals surface area contributed by atoms with Crippen LogP contribution in [0.3, 0.4) is 0 Å². The Hall–Kier alpha value is -1.71. The van der Waals surface area contributed by atoms with Gasteiger partial charge in [-0.1, -0.05) is 6.07 Å². The topological polar surface area (TPSA) is 47.6 Å². The Bertz CT molecular complexity index is 427. The van der Waals surface area contributed by atoms with Crippen LogP contribution in [0.25, 0.3) is 0 Å². The Kier molecular flexibility index (Phi) is 4.07. The molecule has 1 N–H and O–H groups in total. The Labute approximate surface area is 107 Å². The van der Waals surface area contributed by atoms with Crippen molar-refractivity contribution in [2.24, 2.45) is 5.92 Å². The fourth-order valence-electron chi connectivity index (χ4n) is 1.72. The molecule has 0 aliphatic heterocycles. The van der Waals surface area contributed by atoms with Gasteiger partial charge in [0.05, 0.1) is 13.7 Å². The molecule has 1 aliphatic rings. The number of nitrogens with one attached hydrogen (secondary N) is 1. The van der Waals surface area contributed by atoms with Gasteiger partial charge in [-0.05, 0) is 37.5 Å². The fraction of sp³-hybridized carbons (Fsp3) is 0.500. The van der Waals surface area contributed by atoms with Gasteiger partial charge >= 0.3 is 0 Å². The second kappa shape index (κ2) is 5.76. The second-order valence-electron chi connectivity index (χ2n) is 4.57. The minimum absolute atomic E-state index is 0.148. The van der Waals surface area contributed by atoms with Crippen molar-refractivity contribution in [2.75, 3.05) is 20.3 Å². The van der Waals surface area contributed by atoms with E-state index in [-0.39, 0.29) is 11.8 Å². The van der Waals surface area contributed by atoms with E-state index in [1.54, 1.807) is 7.11 Å². The van der Waals surface area contributed by atoms with Crippen molar-refractivity contribution >= 4 is 5.91 Å². The summed E-state index contributed by atoms with van der Waals surface area (Å²) in [5.41, 5.74) is 1.13. The maximum atomic E-state index is 11.4. The smallest absolute Gasteiger partial charge is 0.223 e. The summed E-state index contributed by atoms with van der Waals surface area (Å²) < 4.78 is 10.8. The molecule has 0 saturated heterocycles. The number of carbonyl (C=O) groups excluding carboxylic acids is 1. The van der Waals surface area contributed by atoms with Crippen molar-refractivity contribution in [3.05, 3.63) is 23.8 Å². The molecule has 0 aromatic heterocycles. The van der Waals surface area contributed by atoms with Gasteiger partial charge in [-0.2, -0.15) is 0 Å². The first-order valence-corrected chi connectivity index (χ1v) is 6.26. The predicted octanol–water partition coefficient (Wildman–Crippen LogP) is 1.91. The summed E-state index contributed by atoms with van der Waals surface area (Å²) in [4.78, 5) is 11.4. The summed E-state index contributed by atoms with van der Waals surface area (Å²) >= 11 is 0. The molecule has 98 valence electrons. The number of amides is 1. The van der Waals surface area contributed by atoms with Crippen molar-refractivity contribution in [2.45, 2.75) is 19.8 Å². The minimum Gasteiger partial charge on any atom is -0.493 e. The van der Waals surface area contributed by atoms with Crippen molar-refractivity contribution in [3.63, 3.8) is 0 Å². The van der Waals surface area contributed by atoms with Gasteiger partial charge in [0.15, 0.2) is 11.5 Å². The zero-order chi connectivity index (χ0) is 13.0. The third-order valence-corrected chi connectivity index (χ3v) is 2.93. The van der Waals surface area contributed by atoms with E-state index in [2.05, 4.69) is 5.32 Å². The fourth-order valence-corrected chi connectivity index (χ4v) is 1.72. The molecule has 18 heavy (non-hydrogen) atoms. The van der Waals surface area contributed by atoms with Crippen LogP contribution in [-0.2, 0) is 4.79 Å². The van der Waals surface area contributed by atoms with E-state index in [4.69, 9.17) is 9.47 Å². The zero-order valence-corrected chi connectivity index (χ0v) is 10.9. The van der Waals surface area contributed by atoms with E-state index in [1.165, 1.54) is 0 Å². The summed E-state index contributed by atoms with van der Waals surface area (Å²) in [6.45, 7) is 2.99. The molecule has 1 amide bonds.